The maximum absolute atomic E-state index is 13.9. The van der Waals surface area contributed by atoms with Gasteiger partial charge in [0.2, 0.25) is 13.6 Å². The number of ether oxygens (including phenoxy) is 4. The van der Waals surface area contributed by atoms with Gasteiger partial charge in [0, 0.05) is 39.8 Å². The summed E-state index contributed by atoms with van der Waals surface area (Å²) in [5.41, 5.74) is 2.91. The predicted molar refractivity (Wildman–Crippen MR) is 175 cm³/mol. The number of hydrogen-bond donors (Lipinski definition) is 1. The van der Waals surface area contributed by atoms with Crippen molar-refractivity contribution in [1.29, 1.82) is 0 Å². The van der Waals surface area contributed by atoms with Gasteiger partial charge in [-0.2, -0.15) is 5.10 Å². The highest BCUT2D eigenvalue weighted by Gasteiger charge is 2.37. The fourth-order valence-electron chi connectivity index (χ4n) is 4.19. The molecule has 0 aliphatic rings. The third-order valence-electron chi connectivity index (χ3n) is 6.42. The van der Waals surface area contributed by atoms with Crippen LogP contribution in [-0.4, -0.2) is 70.9 Å². The lowest BCUT2D eigenvalue weighted by Crippen LogP contribution is -2.28. The molecule has 256 valence electrons. The molecule has 2 aromatic heterocycles. The van der Waals surface area contributed by atoms with E-state index in [2.05, 4.69) is 15.2 Å². The van der Waals surface area contributed by atoms with Gasteiger partial charge in [-0.3, -0.25) is 23.9 Å². The Morgan fingerprint density at radius 1 is 0.875 bits per heavy atom. The smallest absolute Gasteiger partial charge is 0.432 e. The molecule has 0 saturated heterocycles. The number of nitrogens with zero attached hydrogens (tertiary/aromatic N) is 3. The molecule has 0 radical (unpaired) electrons. The predicted octanol–water partition coefficient (Wildman–Crippen LogP) is 7.15. The van der Waals surface area contributed by atoms with E-state index in [9.17, 15) is 18.9 Å². The number of aromatic nitrogens is 3. The van der Waals surface area contributed by atoms with E-state index >= 15 is 0 Å². The van der Waals surface area contributed by atoms with Crippen LogP contribution >= 0.6 is 19.5 Å². The summed E-state index contributed by atoms with van der Waals surface area (Å²) in [7, 11) is -3.40. The molecule has 0 aliphatic carbocycles. The molecule has 14 nitrogen and oxygen atoms in total. The fraction of sp³-hybridized carbons (Fsp3) is 0.344. The van der Waals surface area contributed by atoms with Gasteiger partial charge < -0.3 is 18.9 Å². The second-order valence-corrected chi connectivity index (χ2v) is 13.9. The van der Waals surface area contributed by atoms with Crippen molar-refractivity contribution in [3.05, 3.63) is 83.8 Å². The lowest BCUT2D eigenvalue weighted by molar-refractivity contribution is -0.0355. The van der Waals surface area contributed by atoms with Crippen LogP contribution < -0.4 is 0 Å². The Morgan fingerprint density at radius 3 is 2.15 bits per heavy atom. The van der Waals surface area contributed by atoms with E-state index in [-0.39, 0.29) is 5.56 Å². The number of aryl methyl sites for hydroxylation is 2. The Morgan fingerprint density at radius 2 is 1.52 bits per heavy atom. The van der Waals surface area contributed by atoms with Crippen LogP contribution in [0.15, 0.2) is 76.7 Å². The van der Waals surface area contributed by atoms with Crippen molar-refractivity contribution in [3.63, 3.8) is 0 Å². The van der Waals surface area contributed by atoms with Crippen LogP contribution in [0.1, 0.15) is 49.4 Å². The summed E-state index contributed by atoms with van der Waals surface area (Å²) in [6.45, 7) is 4.67. The van der Waals surface area contributed by atoms with Crippen molar-refractivity contribution in [1.82, 2.24) is 19.9 Å². The molecule has 0 fully saturated rings. The number of carbonyl (C=O) groups excluding carboxylic acids is 3. The van der Waals surface area contributed by atoms with Crippen molar-refractivity contribution in [2.24, 2.45) is 0 Å². The fourth-order valence-corrected chi connectivity index (χ4v) is 6.29. The van der Waals surface area contributed by atoms with Crippen molar-refractivity contribution in [2.75, 3.05) is 20.6 Å². The van der Waals surface area contributed by atoms with Gasteiger partial charge in [0.1, 0.15) is 0 Å². The monoisotopic (exact) mass is 700 g/mol. The second kappa shape index (κ2) is 17.1. The van der Waals surface area contributed by atoms with Gasteiger partial charge in [-0.15, -0.1) is 0 Å². The summed E-state index contributed by atoms with van der Waals surface area (Å²) in [5.74, 6) is -0.742. The van der Waals surface area contributed by atoms with E-state index in [1.807, 2.05) is 36.4 Å². The Bertz CT molecular complexity index is 1720. The van der Waals surface area contributed by atoms with Crippen LogP contribution in [-0.2, 0) is 45.4 Å². The Balaban J connectivity index is 1.49. The van der Waals surface area contributed by atoms with Crippen LogP contribution in [0.25, 0.3) is 10.9 Å². The molecule has 0 bridgehead atoms. The van der Waals surface area contributed by atoms with Gasteiger partial charge >= 0.3 is 20.1 Å². The van der Waals surface area contributed by atoms with Crippen LogP contribution in [0.5, 0.6) is 0 Å². The lowest BCUT2D eigenvalue weighted by atomic mass is 10.1. The molecule has 48 heavy (non-hydrogen) atoms. The number of rotatable bonds is 15. The number of hydrogen-bond acceptors (Lipinski definition) is 13. The van der Waals surface area contributed by atoms with Crippen molar-refractivity contribution in [3.8, 4) is 0 Å². The molecule has 0 spiro atoms. The van der Waals surface area contributed by atoms with Gasteiger partial charge in [-0.1, -0.05) is 30.0 Å². The van der Waals surface area contributed by atoms with E-state index in [0.29, 0.717) is 4.90 Å². The number of carbonyl (C=O) groups is 3. The average Bonchev–Trinajstić information content (AvgIpc) is 3.45. The Hall–Kier alpha value is -4.43. The van der Waals surface area contributed by atoms with E-state index in [4.69, 9.17) is 28.0 Å². The summed E-state index contributed by atoms with van der Waals surface area (Å²) in [5, 5.41) is 8.57. The third-order valence-corrected chi connectivity index (χ3v) is 9.26. The van der Waals surface area contributed by atoms with Crippen LogP contribution in [0.2, 0.25) is 0 Å². The van der Waals surface area contributed by atoms with Crippen molar-refractivity contribution in [2.45, 2.75) is 62.5 Å². The summed E-state index contributed by atoms with van der Waals surface area (Å²) in [6, 6.07) is 18.3. The van der Waals surface area contributed by atoms with Gasteiger partial charge in [0.05, 0.1) is 23.3 Å². The van der Waals surface area contributed by atoms with Crippen LogP contribution in [0.3, 0.4) is 0 Å². The summed E-state index contributed by atoms with van der Waals surface area (Å²) in [6.07, 6.45) is 0.139. The maximum Gasteiger partial charge on any atom is 0.510 e. The zero-order valence-corrected chi connectivity index (χ0v) is 28.8. The summed E-state index contributed by atoms with van der Waals surface area (Å²) >= 11 is 1.31. The molecule has 4 rings (SSSR count). The minimum absolute atomic E-state index is 0.177. The lowest BCUT2D eigenvalue weighted by Gasteiger charge is -2.27. The topological polar surface area (TPSA) is 168 Å². The van der Waals surface area contributed by atoms with Crippen molar-refractivity contribution < 1.29 is 46.9 Å². The molecule has 0 unspecified atom stereocenters. The van der Waals surface area contributed by atoms with Gasteiger partial charge in [-0.25, -0.2) is 18.8 Å². The molecule has 0 atom stereocenters. The molecule has 0 saturated carbocycles. The number of nitrogens with one attached hydrogen (secondary N) is 1. The highest BCUT2D eigenvalue weighted by molar-refractivity contribution is 7.99. The zero-order chi connectivity index (χ0) is 34.7. The summed E-state index contributed by atoms with van der Waals surface area (Å²) < 4.78 is 44.5. The summed E-state index contributed by atoms with van der Waals surface area (Å²) in [4.78, 5) is 43.2. The molecule has 2 heterocycles. The van der Waals surface area contributed by atoms with E-state index in [0.717, 1.165) is 44.7 Å². The first-order valence-corrected chi connectivity index (χ1v) is 17.2. The molecule has 16 heteroatoms. The maximum atomic E-state index is 13.9. The Kier molecular flexibility index (Phi) is 13.0. The van der Waals surface area contributed by atoms with E-state index < -0.39 is 51.8 Å². The van der Waals surface area contributed by atoms with E-state index in [1.165, 1.54) is 18.8 Å². The number of benzene rings is 2. The number of H-pyrrole nitrogens is 1. The number of aromatic amines is 1. The van der Waals surface area contributed by atoms with Crippen LogP contribution in [0.4, 0.5) is 9.59 Å². The highest BCUT2D eigenvalue weighted by atomic mass is 32.2. The zero-order valence-electron chi connectivity index (χ0n) is 27.1. The first-order valence-electron chi connectivity index (χ1n) is 14.9. The number of amides is 1. The third kappa shape index (κ3) is 10.3. The number of fused-ring (bicyclic) bond motifs is 1. The molecule has 1 N–H and O–H groups in total. The Labute approximate surface area is 282 Å². The number of pyridine rings is 1. The van der Waals surface area contributed by atoms with Gasteiger partial charge in [0.25, 0.3) is 5.91 Å². The molecular weight excluding hydrogens is 663 g/mol. The minimum atomic E-state index is -4.58. The van der Waals surface area contributed by atoms with Gasteiger partial charge in [-0.05, 0) is 83.0 Å². The highest BCUT2D eigenvalue weighted by Crippen LogP contribution is 2.52. The molecule has 2 aromatic carbocycles. The second-order valence-electron chi connectivity index (χ2n) is 10.7. The van der Waals surface area contributed by atoms with Crippen molar-refractivity contribution >= 4 is 48.6 Å². The molecular formula is C32H37N4O10PS. The SMILES string of the molecule is CC(C)OC(=O)OCOP(=O)(OCOC(=O)OC(C)C)N(C)C(=O)c1ccccc1Sc1ccc2c(CCc3ccccn3)[nH]nc2c1. The molecule has 1 amide bonds. The van der Waals surface area contributed by atoms with E-state index in [1.54, 1.807) is 58.2 Å². The first kappa shape index (κ1) is 36.4. The standard InChI is InChI=1S/C32H37N4O10PS/c1-21(2)45-31(38)41-19-43-47(40,44-20-42-32(39)46-22(3)4)36(5)30(37)26-11-6-7-12-29(26)48-24-14-15-25-27(34-35-28(25)18-24)16-13-23-10-8-9-17-33-23/h6-12,14-15,17-18,21-22H,13,16,19-20H2,1-5H3,(H,34,35). The quantitative estimate of drug-likeness (QED) is 0.0755. The average molecular weight is 701 g/mol. The largest absolute Gasteiger partial charge is 0.510 e. The van der Waals surface area contributed by atoms with Crippen LogP contribution in [0, 0.1) is 0 Å². The molecule has 4 aromatic rings. The normalized spacial score (nSPS) is 11.5. The minimum Gasteiger partial charge on any atom is -0.432 e. The molecule has 0 aliphatic heterocycles. The first-order chi connectivity index (χ1) is 22.9. The van der Waals surface area contributed by atoms with Gasteiger partial charge in [0.15, 0.2) is 0 Å².